The Morgan fingerprint density at radius 2 is 2.06 bits per heavy atom. The van der Waals surface area contributed by atoms with E-state index < -0.39 is 26.4 Å². The maximum Gasteiger partial charge on any atom is 0.271 e. The van der Waals surface area contributed by atoms with Crippen molar-refractivity contribution in [1.29, 1.82) is 0 Å². The quantitative estimate of drug-likeness (QED) is 0.485. The monoisotopic (exact) mass is 448 g/mol. The van der Waals surface area contributed by atoms with Crippen LogP contribution in [0, 0.1) is 10.1 Å². The minimum atomic E-state index is -3.73. The minimum absolute atomic E-state index is 0.106. The number of carbonyl (C=O) groups is 1. The average Bonchev–Trinajstić information content (AvgIpc) is 2.74. The summed E-state index contributed by atoms with van der Waals surface area (Å²) < 4.78 is 35.0. The summed E-state index contributed by atoms with van der Waals surface area (Å²) in [5.74, 6) is -0.651. The summed E-state index contributed by atoms with van der Waals surface area (Å²) >= 11 is 0. The van der Waals surface area contributed by atoms with Crippen molar-refractivity contribution in [2.45, 2.75) is 36.9 Å². The molecule has 166 valence electrons. The first-order valence-electron chi connectivity index (χ1n) is 9.81. The van der Waals surface area contributed by atoms with Gasteiger partial charge in [-0.1, -0.05) is 12.1 Å². The number of nitro groups is 1. The first-order valence-corrected chi connectivity index (χ1v) is 11.7. The number of non-ortho nitro benzene ring substituents is 1. The van der Waals surface area contributed by atoms with Gasteiger partial charge in [-0.15, -0.1) is 0 Å². The number of hydrogen-bond donors (Lipinski definition) is 1. The van der Waals surface area contributed by atoms with Crippen molar-refractivity contribution in [3.05, 3.63) is 63.7 Å². The molecule has 1 saturated heterocycles. The van der Waals surface area contributed by atoms with Crippen LogP contribution in [0.5, 0.6) is 0 Å². The van der Waals surface area contributed by atoms with E-state index in [9.17, 15) is 23.3 Å². The van der Waals surface area contributed by atoms with Gasteiger partial charge in [-0.25, -0.2) is 8.42 Å². The lowest BCUT2D eigenvalue weighted by Gasteiger charge is -2.22. The van der Waals surface area contributed by atoms with Crippen molar-refractivity contribution in [2.75, 3.05) is 24.8 Å². The molecule has 0 aromatic heterocycles. The molecule has 2 aromatic carbocycles. The Balaban J connectivity index is 1.68. The number of benzene rings is 2. The van der Waals surface area contributed by atoms with Crippen LogP contribution in [0.2, 0.25) is 0 Å². The number of amides is 1. The summed E-state index contributed by atoms with van der Waals surface area (Å²) in [7, 11) is -3.73. The molecule has 1 fully saturated rings. The van der Waals surface area contributed by atoms with Gasteiger partial charge in [-0.2, -0.15) is 0 Å². The number of rotatable bonds is 8. The lowest BCUT2D eigenvalue weighted by molar-refractivity contribution is -0.385. The zero-order valence-electron chi connectivity index (χ0n) is 17.1. The standard InChI is InChI=1S/C21H24N2O7S/c1-31(27,28)20-11-16(10-18(12-20)23(25)26)21(24)22-17-6-4-5-15(9-17)13-29-14-19-7-2-3-8-30-19/h4-6,9-12,19H,2-3,7-8,13-14H2,1H3,(H,22,24). The Kier molecular flexibility index (Phi) is 7.37. The van der Waals surface area contributed by atoms with Gasteiger partial charge < -0.3 is 14.8 Å². The number of anilines is 1. The molecule has 2 aromatic rings. The van der Waals surface area contributed by atoms with E-state index in [0.717, 1.165) is 55.9 Å². The molecule has 9 nitrogen and oxygen atoms in total. The van der Waals surface area contributed by atoms with Crippen LogP contribution in [0.1, 0.15) is 35.2 Å². The molecule has 10 heteroatoms. The van der Waals surface area contributed by atoms with Crippen molar-refractivity contribution < 1.29 is 27.6 Å². The van der Waals surface area contributed by atoms with Gasteiger partial charge >= 0.3 is 0 Å². The van der Waals surface area contributed by atoms with Gasteiger partial charge in [0.15, 0.2) is 9.84 Å². The first-order chi connectivity index (χ1) is 14.7. The number of nitrogens with one attached hydrogen (secondary N) is 1. The second-order valence-corrected chi connectivity index (χ2v) is 9.42. The fraction of sp³-hybridized carbons (Fsp3) is 0.381. The SMILES string of the molecule is CS(=O)(=O)c1cc(C(=O)Nc2cccc(COCC3CCCCO3)c2)cc([N+](=O)[O-])c1. The molecule has 0 aliphatic carbocycles. The van der Waals surface area contributed by atoms with Crippen LogP contribution < -0.4 is 5.32 Å². The lowest BCUT2D eigenvalue weighted by Crippen LogP contribution is -2.24. The van der Waals surface area contributed by atoms with Gasteiger partial charge in [-0.05, 0) is 43.0 Å². The Morgan fingerprint density at radius 1 is 1.26 bits per heavy atom. The highest BCUT2D eigenvalue weighted by atomic mass is 32.2. The Morgan fingerprint density at radius 3 is 2.74 bits per heavy atom. The van der Waals surface area contributed by atoms with Gasteiger partial charge in [0.2, 0.25) is 0 Å². The molecular weight excluding hydrogens is 424 g/mol. The molecule has 31 heavy (non-hydrogen) atoms. The van der Waals surface area contributed by atoms with Gasteiger partial charge in [0.25, 0.3) is 11.6 Å². The molecule has 0 saturated carbocycles. The second-order valence-electron chi connectivity index (χ2n) is 7.40. The van der Waals surface area contributed by atoms with Crippen LogP contribution in [0.15, 0.2) is 47.4 Å². The topological polar surface area (TPSA) is 125 Å². The van der Waals surface area contributed by atoms with E-state index in [2.05, 4.69) is 5.32 Å². The molecule has 1 heterocycles. The third-order valence-electron chi connectivity index (χ3n) is 4.82. The molecule has 1 atom stereocenters. The highest BCUT2D eigenvalue weighted by molar-refractivity contribution is 7.90. The lowest BCUT2D eigenvalue weighted by atomic mass is 10.1. The molecule has 0 radical (unpaired) electrons. The maximum absolute atomic E-state index is 12.6. The summed E-state index contributed by atoms with van der Waals surface area (Å²) in [6, 6.07) is 10.1. The number of nitrogens with zero attached hydrogens (tertiary/aromatic N) is 1. The average molecular weight is 448 g/mol. The van der Waals surface area contributed by atoms with Crippen LogP contribution >= 0.6 is 0 Å². The number of ether oxygens (including phenoxy) is 2. The predicted molar refractivity (Wildman–Crippen MR) is 114 cm³/mol. The molecule has 0 bridgehead atoms. The van der Waals surface area contributed by atoms with Crippen molar-refractivity contribution >= 4 is 27.1 Å². The first kappa shape index (κ1) is 22.9. The van der Waals surface area contributed by atoms with Crippen LogP contribution in [-0.4, -0.2) is 44.8 Å². The van der Waals surface area contributed by atoms with Crippen molar-refractivity contribution in [3.63, 3.8) is 0 Å². The van der Waals surface area contributed by atoms with E-state index in [1.807, 2.05) is 6.07 Å². The highest BCUT2D eigenvalue weighted by Crippen LogP contribution is 2.22. The second kappa shape index (κ2) is 9.99. The Bertz CT molecular complexity index is 1060. The Hall–Kier alpha value is -2.82. The van der Waals surface area contributed by atoms with E-state index in [-0.39, 0.29) is 16.6 Å². The zero-order valence-corrected chi connectivity index (χ0v) is 17.9. The number of sulfone groups is 1. The molecule has 1 amide bonds. The molecular formula is C21H24N2O7S. The normalized spacial score (nSPS) is 16.6. The van der Waals surface area contributed by atoms with Crippen molar-refractivity contribution in [2.24, 2.45) is 0 Å². The van der Waals surface area contributed by atoms with E-state index in [0.29, 0.717) is 18.9 Å². The molecule has 1 unspecified atom stereocenters. The third-order valence-corrected chi connectivity index (χ3v) is 5.92. The van der Waals surface area contributed by atoms with E-state index in [1.165, 1.54) is 0 Å². The third kappa shape index (κ3) is 6.58. The predicted octanol–water partition coefficient (Wildman–Crippen LogP) is 3.34. The maximum atomic E-state index is 12.6. The molecule has 1 aliphatic rings. The number of carbonyl (C=O) groups excluding carboxylic acids is 1. The van der Waals surface area contributed by atoms with Crippen LogP contribution in [0.3, 0.4) is 0 Å². The molecule has 1 N–H and O–H groups in total. The summed E-state index contributed by atoms with van der Waals surface area (Å²) in [5, 5.41) is 13.8. The van der Waals surface area contributed by atoms with Gasteiger partial charge in [-0.3, -0.25) is 14.9 Å². The fourth-order valence-corrected chi connectivity index (χ4v) is 3.90. The molecule has 3 rings (SSSR count). The van der Waals surface area contributed by atoms with Gasteiger partial charge in [0.1, 0.15) is 0 Å². The van der Waals surface area contributed by atoms with E-state index in [1.54, 1.807) is 18.2 Å². The summed E-state index contributed by atoms with van der Waals surface area (Å²) in [6.45, 7) is 1.60. The zero-order chi connectivity index (χ0) is 22.4. The largest absolute Gasteiger partial charge is 0.376 e. The van der Waals surface area contributed by atoms with Crippen molar-refractivity contribution in [3.8, 4) is 0 Å². The van der Waals surface area contributed by atoms with Crippen molar-refractivity contribution in [1.82, 2.24) is 0 Å². The van der Waals surface area contributed by atoms with Crippen LogP contribution in [0.25, 0.3) is 0 Å². The molecule has 1 aliphatic heterocycles. The van der Waals surface area contributed by atoms with Gasteiger partial charge in [0, 0.05) is 36.2 Å². The van der Waals surface area contributed by atoms with Crippen LogP contribution in [-0.2, 0) is 25.9 Å². The molecule has 0 spiro atoms. The summed E-state index contributed by atoms with van der Waals surface area (Å²) in [4.78, 5) is 22.7. The van der Waals surface area contributed by atoms with E-state index in [4.69, 9.17) is 9.47 Å². The van der Waals surface area contributed by atoms with Crippen LogP contribution in [0.4, 0.5) is 11.4 Å². The minimum Gasteiger partial charge on any atom is -0.376 e. The fourth-order valence-electron chi connectivity index (χ4n) is 3.22. The Labute approximate surface area is 180 Å². The number of nitro benzene ring substituents is 1. The van der Waals surface area contributed by atoms with E-state index >= 15 is 0 Å². The smallest absolute Gasteiger partial charge is 0.271 e. The number of hydrogen-bond acceptors (Lipinski definition) is 7. The summed E-state index contributed by atoms with van der Waals surface area (Å²) in [6.07, 6.45) is 4.22. The van der Waals surface area contributed by atoms with Gasteiger partial charge in [0.05, 0.1) is 29.1 Å². The summed E-state index contributed by atoms with van der Waals surface area (Å²) in [5.41, 5.74) is 0.711. The highest BCUT2D eigenvalue weighted by Gasteiger charge is 2.19.